The van der Waals surface area contributed by atoms with Crippen molar-refractivity contribution in [2.45, 2.75) is 13.3 Å². The van der Waals surface area contributed by atoms with E-state index in [0.29, 0.717) is 6.42 Å². The lowest BCUT2D eigenvalue weighted by Crippen LogP contribution is -2.01. The first-order chi connectivity index (χ1) is 7.76. The molecule has 0 aliphatic carbocycles. The van der Waals surface area contributed by atoms with Crippen LogP contribution < -0.4 is 4.74 Å². The highest BCUT2D eigenvalue weighted by molar-refractivity contribution is 5.69. The molecule has 0 amide bonds. The van der Waals surface area contributed by atoms with Crippen LogP contribution in [0.15, 0.2) is 24.3 Å². The largest absolute Gasteiger partial charge is 0.497 e. The van der Waals surface area contributed by atoms with Gasteiger partial charge in [-0.3, -0.25) is 4.79 Å². The molecule has 1 aromatic rings. The molecule has 0 heterocycles. The van der Waals surface area contributed by atoms with E-state index >= 15 is 0 Å². The fourth-order valence-corrected chi connectivity index (χ4v) is 1.03. The second-order valence-corrected chi connectivity index (χ2v) is 3.04. The third-order valence-corrected chi connectivity index (χ3v) is 1.92. The highest BCUT2D eigenvalue weighted by atomic mass is 16.5. The molecule has 0 aliphatic rings. The normalized spacial score (nSPS) is 8.88. The minimum absolute atomic E-state index is 0.138. The van der Waals surface area contributed by atoms with E-state index in [9.17, 15) is 4.79 Å². The van der Waals surface area contributed by atoms with Gasteiger partial charge in [0.15, 0.2) is 6.61 Å². The zero-order chi connectivity index (χ0) is 11.8. The van der Waals surface area contributed by atoms with Crippen molar-refractivity contribution in [3.8, 4) is 17.6 Å². The molecule has 1 rings (SSSR count). The van der Waals surface area contributed by atoms with E-state index in [1.807, 2.05) is 24.3 Å². The molecule has 3 nitrogen and oxygen atoms in total. The topological polar surface area (TPSA) is 35.5 Å². The number of hydrogen-bond acceptors (Lipinski definition) is 3. The molecular formula is C13H14O3. The number of esters is 1. The van der Waals surface area contributed by atoms with Crippen molar-refractivity contribution in [1.29, 1.82) is 0 Å². The first-order valence-electron chi connectivity index (χ1n) is 5.04. The van der Waals surface area contributed by atoms with Crippen LogP contribution in [0.25, 0.3) is 0 Å². The van der Waals surface area contributed by atoms with Crippen molar-refractivity contribution in [3.63, 3.8) is 0 Å². The van der Waals surface area contributed by atoms with Gasteiger partial charge in [-0.1, -0.05) is 18.8 Å². The van der Waals surface area contributed by atoms with Gasteiger partial charge in [-0.2, -0.15) is 0 Å². The summed E-state index contributed by atoms with van der Waals surface area (Å²) in [7, 11) is 1.62. The van der Waals surface area contributed by atoms with E-state index in [0.717, 1.165) is 11.3 Å². The van der Waals surface area contributed by atoms with E-state index in [4.69, 9.17) is 9.47 Å². The smallest absolute Gasteiger partial charge is 0.306 e. The zero-order valence-corrected chi connectivity index (χ0v) is 9.45. The Labute approximate surface area is 95.4 Å². The monoisotopic (exact) mass is 218 g/mol. The van der Waals surface area contributed by atoms with Crippen molar-refractivity contribution in [3.05, 3.63) is 29.8 Å². The van der Waals surface area contributed by atoms with Crippen molar-refractivity contribution in [2.24, 2.45) is 0 Å². The number of ether oxygens (including phenoxy) is 2. The molecule has 0 aromatic heterocycles. The van der Waals surface area contributed by atoms with Crippen LogP contribution in [-0.2, 0) is 9.53 Å². The maximum absolute atomic E-state index is 10.8. The second-order valence-electron chi connectivity index (χ2n) is 3.04. The second kappa shape index (κ2) is 6.52. The van der Waals surface area contributed by atoms with Crippen molar-refractivity contribution < 1.29 is 14.3 Å². The number of carbonyl (C=O) groups excluding carboxylic acids is 1. The summed E-state index contributed by atoms with van der Waals surface area (Å²) in [6.07, 6.45) is 0.379. The Morgan fingerprint density at radius 3 is 2.56 bits per heavy atom. The molecule has 1 aromatic carbocycles. The molecule has 0 bridgehead atoms. The van der Waals surface area contributed by atoms with Crippen LogP contribution in [0.1, 0.15) is 18.9 Å². The van der Waals surface area contributed by atoms with Gasteiger partial charge in [0.1, 0.15) is 5.75 Å². The number of methoxy groups -OCH3 is 1. The van der Waals surface area contributed by atoms with Crippen LogP contribution >= 0.6 is 0 Å². The summed E-state index contributed by atoms with van der Waals surface area (Å²) in [6.45, 7) is 1.89. The number of rotatable bonds is 3. The fourth-order valence-electron chi connectivity index (χ4n) is 1.03. The van der Waals surface area contributed by atoms with Crippen molar-refractivity contribution in [1.82, 2.24) is 0 Å². The Morgan fingerprint density at radius 1 is 1.31 bits per heavy atom. The third-order valence-electron chi connectivity index (χ3n) is 1.92. The highest BCUT2D eigenvalue weighted by Gasteiger charge is 1.94. The van der Waals surface area contributed by atoms with E-state index in [-0.39, 0.29) is 12.6 Å². The first kappa shape index (κ1) is 12.1. The average molecular weight is 218 g/mol. The molecule has 0 N–H and O–H groups in total. The molecule has 16 heavy (non-hydrogen) atoms. The molecule has 0 radical (unpaired) electrons. The Bertz CT molecular complexity index is 395. The summed E-state index contributed by atoms with van der Waals surface area (Å²) in [6, 6.07) is 7.38. The van der Waals surface area contributed by atoms with Gasteiger partial charge < -0.3 is 9.47 Å². The third kappa shape index (κ3) is 4.05. The van der Waals surface area contributed by atoms with Gasteiger partial charge in [-0.25, -0.2) is 0 Å². The Hall–Kier alpha value is -1.95. The molecule has 0 fully saturated rings. The lowest BCUT2D eigenvalue weighted by molar-refractivity contribution is -0.141. The average Bonchev–Trinajstić information content (AvgIpc) is 2.35. The highest BCUT2D eigenvalue weighted by Crippen LogP contribution is 2.09. The van der Waals surface area contributed by atoms with Crippen molar-refractivity contribution >= 4 is 5.97 Å². The SMILES string of the molecule is CCC(=O)OCC#Cc1ccc(OC)cc1. The molecule has 84 valence electrons. The molecule has 0 saturated carbocycles. The van der Waals surface area contributed by atoms with Gasteiger partial charge in [0, 0.05) is 12.0 Å². The number of carbonyl (C=O) groups is 1. The Balaban J connectivity index is 2.47. The lowest BCUT2D eigenvalue weighted by atomic mass is 10.2. The van der Waals surface area contributed by atoms with Gasteiger partial charge in [0.2, 0.25) is 0 Å². The minimum atomic E-state index is -0.232. The molecular weight excluding hydrogens is 204 g/mol. The molecule has 0 unspecified atom stereocenters. The van der Waals surface area contributed by atoms with Crippen LogP contribution in [0.4, 0.5) is 0 Å². The molecule has 0 atom stereocenters. The lowest BCUT2D eigenvalue weighted by Gasteiger charge is -1.97. The van der Waals surface area contributed by atoms with E-state index < -0.39 is 0 Å². The standard InChI is InChI=1S/C13H14O3/c1-3-13(14)16-10-4-5-11-6-8-12(15-2)9-7-11/h6-9H,3,10H2,1-2H3. The van der Waals surface area contributed by atoms with Gasteiger partial charge in [0.25, 0.3) is 0 Å². The summed E-state index contributed by atoms with van der Waals surface area (Å²) in [5, 5.41) is 0. The van der Waals surface area contributed by atoms with Crippen LogP contribution in [0.3, 0.4) is 0 Å². The maximum Gasteiger partial charge on any atom is 0.306 e. The summed E-state index contributed by atoms with van der Waals surface area (Å²) < 4.78 is 9.84. The van der Waals surface area contributed by atoms with Gasteiger partial charge >= 0.3 is 5.97 Å². The fraction of sp³-hybridized carbons (Fsp3) is 0.308. The molecule has 3 heteroatoms. The predicted molar refractivity (Wildman–Crippen MR) is 61.1 cm³/mol. The Morgan fingerprint density at radius 2 is 2.00 bits per heavy atom. The quantitative estimate of drug-likeness (QED) is 0.575. The van der Waals surface area contributed by atoms with Gasteiger partial charge in [-0.15, -0.1) is 0 Å². The van der Waals surface area contributed by atoms with Crippen LogP contribution in [0.2, 0.25) is 0 Å². The summed E-state index contributed by atoms with van der Waals surface area (Å²) >= 11 is 0. The summed E-state index contributed by atoms with van der Waals surface area (Å²) in [4.78, 5) is 10.8. The van der Waals surface area contributed by atoms with E-state index in [1.54, 1.807) is 14.0 Å². The Kier molecular flexibility index (Phi) is 4.94. The van der Waals surface area contributed by atoms with Gasteiger partial charge in [0.05, 0.1) is 7.11 Å². The predicted octanol–water partition coefficient (Wildman–Crippen LogP) is 2.00. The summed E-state index contributed by atoms with van der Waals surface area (Å²) in [5.41, 5.74) is 0.869. The van der Waals surface area contributed by atoms with Crippen LogP contribution in [-0.4, -0.2) is 19.7 Å². The molecule has 0 spiro atoms. The van der Waals surface area contributed by atoms with Crippen LogP contribution in [0.5, 0.6) is 5.75 Å². The molecule has 0 saturated heterocycles. The van der Waals surface area contributed by atoms with Gasteiger partial charge in [-0.05, 0) is 24.3 Å². The van der Waals surface area contributed by atoms with Crippen molar-refractivity contribution in [2.75, 3.05) is 13.7 Å². The number of benzene rings is 1. The minimum Gasteiger partial charge on any atom is -0.497 e. The first-order valence-corrected chi connectivity index (χ1v) is 5.04. The molecule has 0 aliphatic heterocycles. The van der Waals surface area contributed by atoms with Crippen LogP contribution in [0, 0.1) is 11.8 Å². The summed E-state index contributed by atoms with van der Waals surface area (Å²) in [5.74, 6) is 6.23. The van der Waals surface area contributed by atoms with E-state index in [2.05, 4.69) is 11.8 Å². The van der Waals surface area contributed by atoms with E-state index in [1.165, 1.54) is 0 Å². The number of hydrogen-bond donors (Lipinski definition) is 0. The maximum atomic E-state index is 10.8. The zero-order valence-electron chi connectivity index (χ0n) is 9.45.